The molecule has 0 radical (unpaired) electrons. The van der Waals surface area contributed by atoms with E-state index >= 15 is 0 Å². The number of nitrogens with one attached hydrogen (secondary N) is 1. The number of aliphatic hydroxyl groups is 1. The van der Waals surface area contributed by atoms with Crippen molar-refractivity contribution < 1.29 is 9.50 Å². The molecule has 0 unspecified atom stereocenters. The largest absolute Gasteiger partial charge is 0.394 e. The molecule has 2 aromatic rings. The molecular formula is C11H12FIN4O. The smallest absolute Gasteiger partial charge is 0.124 e. The summed E-state index contributed by atoms with van der Waals surface area (Å²) < 4.78 is 15.3. The molecule has 0 amide bonds. The Kier molecular flexibility index (Phi) is 4.48. The number of anilines is 1. The van der Waals surface area contributed by atoms with Gasteiger partial charge in [-0.3, -0.25) is 0 Å². The number of halogens is 2. The van der Waals surface area contributed by atoms with Crippen molar-refractivity contribution in [3.8, 4) is 0 Å². The molecule has 1 aromatic heterocycles. The summed E-state index contributed by atoms with van der Waals surface area (Å²) in [5, 5.41) is 19.7. The molecule has 0 aliphatic rings. The van der Waals surface area contributed by atoms with Crippen LogP contribution in [0.2, 0.25) is 0 Å². The molecule has 1 aromatic carbocycles. The van der Waals surface area contributed by atoms with E-state index in [1.54, 1.807) is 16.9 Å². The van der Waals surface area contributed by atoms with Crippen molar-refractivity contribution in [2.24, 2.45) is 0 Å². The molecule has 7 heteroatoms. The second kappa shape index (κ2) is 6.10. The van der Waals surface area contributed by atoms with Gasteiger partial charge in [-0.25, -0.2) is 9.07 Å². The molecule has 2 rings (SSSR count). The normalized spacial score (nSPS) is 10.6. The standard InChI is InChI=1S/C11H12FIN4O/c12-8-1-2-11(10(13)5-8)14-6-9-7-17(3-4-18)16-15-9/h1-2,5,7,14,18H,3-4,6H2. The number of nitrogens with zero attached hydrogens (tertiary/aromatic N) is 3. The predicted molar refractivity (Wildman–Crippen MR) is 73.6 cm³/mol. The summed E-state index contributed by atoms with van der Waals surface area (Å²) in [7, 11) is 0. The highest BCUT2D eigenvalue weighted by Gasteiger charge is 2.03. The number of hydrogen-bond donors (Lipinski definition) is 2. The average molecular weight is 362 g/mol. The first kappa shape index (κ1) is 13.2. The Morgan fingerprint density at radius 1 is 1.44 bits per heavy atom. The Bertz CT molecular complexity index is 532. The first-order valence-corrected chi connectivity index (χ1v) is 6.45. The average Bonchev–Trinajstić information content (AvgIpc) is 2.76. The summed E-state index contributed by atoms with van der Waals surface area (Å²) in [6.45, 7) is 0.972. The molecule has 0 saturated heterocycles. The maximum absolute atomic E-state index is 12.9. The third-order valence-corrected chi connectivity index (χ3v) is 3.20. The first-order chi connectivity index (χ1) is 8.69. The molecule has 0 atom stereocenters. The van der Waals surface area contributed by atoms with Crippen LogP contribution in [0.15, 0.2) is 24.4 Å². The molecular weight excluding hydrogens is 350 g/mol. The highest BCUT2D eigenvalue weighted by Crippen LogP contribution is 2.19. The van der Waals surface area contributed by atoms with E-state index in [1.807, 2.05) is 0 Å². The first-order valence-electron chi connectivity index (χ1n) is 5.38. The van der Waals surface area contributed by atoms with Crippen LogP contribution in [0.5, 0.6) is 0 Å². The van der Waals surface area contributed by atoms with Crippen LogP contribution >= 0.6 is 22.6 Å². The van der Waals surface area contributed by atoms with E-state index in [9.17, 15) is 4.39 Å². The van der Waals surface area contributed by atoms with Gasteiger partial charge in [-0.05, 0) is 40.8 Å². The lowest BCUT2D eigenvalue weighted by Crippen LogP contribution is -2.02. The van der Waals surface area contributed by atoms with E-state index < -0.39 is 0 Å². The van der Waals surface area contributed by atoms with Crippen LogP contribution in [0, 0.1) is 9.39 Å². The number of rotatable bonds is 5. The molecule has 0 saturated carbocycles. The van der Waals surface area contributed by atoms with Crippen molar-refractivity contribution >= 4 is 28.3 Å². The van der Waals surface area contributed by atoms with Crippen LogP contribution in [0.1, 0.15) is 5.69 Å². The highest BCUT2D eigenvalue weighted by atomic mass is 127. The van der Waals surface area contributed by atoms with Gasteiger partial charge in [0.05, 0.1) is 25.9 Å². The second-order valence-corrected chi connectivity index (χ2v) is 4.84. The van der Waals surface area contributed by atoms with Gasteiger partial charge < -0.3 is 10.4 Å². The minimum absolute atomic E-state index is 0.0338. The lowest BCUT2D eigenvalue weighted by molar-refractivity contribution is 0.268. The van der Waals surface area contributed by atoms with Crippen molar-refractivity contribution in [3.63, 3.8) is 0 Å². The van der Waals surface area contributed by atoms with Crippen molar-refractivity contribution in [3.05, 3.63) is 39.5 Å². The minimum Gasteiger partial charge on any atom is -0.394 e. The zero-order valence-corrected chi connectivity index (χ0v) is 11.6. The van der Waals surface area contributed by atoms with E-state index in [0.717, 1.165) is 15.0 Å². The van der Waals surface area contributed by atoms with Gasteiger partial charge in [0.15, 0.2) is 0 Å². The fraction of sp³-hybridized carbons (Fsp3) is 0.273. The Labute approximate surface area is 117 Å². The zero-order chi connectivity index (χ0) is 13.0. The summed E-state index contributed by atoms with van der Waals surface area (Å²) >= 11 is 2.07. The molecule has 0 spiro atoms. The third-order valence-electron chi connectivity index (χ3n) is 2.31. The number of aromatic nitrogens is 3. The lowest BCUT2D eigenvalue weighted by atomic mass is 10.3. The molecule has 2 N–H and O–H groups in total. The van der Waals surface area contributed by atoms with E-state index in [-0.39, 0.29) is 12.4 Å². The number of benzene rings is 1. The van der Waals surface area contributed by atoms with Crippen LogP contribution in [-0.4, -0.2) is 26.7 Å². The Hall–Kier alpha value is -1.22. The quantitative estimate of drug-likeness (QED) is 0.794. The fourth-order valence-electron chi connectivity index (χ4n) is 1.45. The lowest BCUT2D eigenvalue weighted by Gasteiger charge is -2.06. The van der Waals surface area contributed by atoms with Gasteiger partial charge in [-0.2, -0.15) is 0 Å². The molecule has 0 aliphatic carbocycles. The molecule has 0 bridgehead atoms. The summed E-state index contributed by atoms with van der Waals surface area (Å²) in [6, 6.07) is 4.56. The van der Waals surface area contributed by atoms with Crippen LogP contribution in [0.25, 0.3) is 0 Å². The summed E-state index contributed by atoms with van der Waals surface area (Å²) in [6.07, 6.45) is 1.76. The van der Waals surface area contributed by atoms with Gasteiger partial charge in [-0.15, -0.1) is 5.10 Å². The Morgan fingerprint density at radius 2 is 2.28 bits per heavy atom. The summed E-state index contributed by atoms with van der Waals surface area (Å²) in [4.78, 5) is 0. The van der Waals surface area contributed by atoms with E-state index in [1.165, 1.54) is 12.1 Å². The minimum atomic E-state index is -0.251. The molecule has 0 fully saturated rings. The van der Waals surface area contributed by atoms with Crippen molar-refractivity contribution in [1.29, 1.82) is 0 Å². The van der Waals surface area contributed by atoms with Crippen molar-refractivity contribution in [2.75, 3.05) is 11.9 Å². The van der Waals surface area contributed by atoms with Crippen LogP contribution in [0.4, 0.5) is 10.1 Å². The third kappa shape index (κ3) is 3.39. The fourth-order valence-corrected chi connectivity index (χ4v) is 2.12. The molecule has 1 heterocycles. The maximum Gasteiger partial charge on any atom is 0.124 e. The van der Waals surface area contributed by atoms with Crippen LogP contribution in [-0.2, 0) is 13.1 Å². The van der Waals surface area contributed by atoms with E-state index in [4.69, 9.17) is 5.11 Å². The van der Waals surface area contributed by atoms with Crippen LogP contribution in [0.3, 0.4) is 0 Å². The van der Waals surface area contributed by atoms with Gasteiger partial charge in [0, 0.05) is 9.26 Å². The van der Waals surface area contributed by atoms with Crippen molar-refractivity contribution in [2.45, 2.75) is 13.1 Å². The van der Waals surface area contributed by atoms with E-state index in [0.29, 0.717) is 13.1 Å². The van der Waals surface area contributed by atoms with Crippen LogP contribution < -0.4 is 5.32 Å². The second-order valence-electron chi connectivity index (χ2n) is 3.67. The Balaban J connectivity index is 1.97. The Morgan fingerprint density at radius 3 is 3.00 bits per heavy atom. The topological polar surface area (TPSA) is 63.0 Å². The monoisotopic (exact) mass is 362 g/mol. The van der Waals surface area contributed by atoms with Gasteiger partial charge >= 0.3 is 0 Å². The summed E-state index contributed by atoms with van der Waals surface area (Å²) in [5.74, 6) is -0.251. The maximum atomic E-state index is 12.9. The van der Waals surface area contributed by atoms with Crippen molar-refractivity contribution in [1.82, 2.24) is 15.0 Å². The SMILES string of the molecule is OCCn1cc(CNc2ccc(F)cc2I)nn1. The zero-order valence-electron chi connectivity index (χ0n) is 9.48. The molecule has 18 heavy (non-hydrogen) atoms. The molecule has 5 nitrogen and oxygen atoms in total. The number of hydrogen-bond acceptors (Lipinski definition) is 4. The van der Waals surface area contributed by atoms with Gasteiger partial charge in [0.25, 0.3) is 0 Å². The van der Waals surface area contributed by atoms with Gasteiger partial charge in [-0.1, -0.05) is 5.21 Å². The van der Waals surface area contributed by atoms with E-state index in [2.05, 4.69) is 38.2 Å². The molecule has 96 valence electrons. The van der Waals surface area contributed by atoms with Gasteiger partial charge in [0.1, 0.15) is 11.5 Å². The molecule has 0 aliphatic heterocycles. The predicted octanol–water partition coefficient (Wildman–Crippen LogP) is 1.63. The summed E-state index contributed by atoms with van der Waals surface area (Å²) in [5.41, 5.74) is 1.62. The number of aliphatic hydroxyl groups excluding tert-OH is 1. The highest BCUT2D eigenvalue weighted by molar-refractivity contribution is 14.1. The van der Waals surface area contributed by atoms with Gasteiger partial charge in [0.2, 0.25) is 0 Å².